The Morgan fingerprint density at radius 3 is 2.24 bits per heavy atom. The number of nitrogens with two attached hydrogens (primary N) is 1. The molecule has 2 N–H and O–H groups in total. The van der Waals surface area contributed by atoms with Crippen LogP contribution in [0.2, 0.25) is 0 Å². The maximum Gasteiger partial charge on any atom is 0.406 e. The first-order valence-electron chi connectivity index (χ1n) is 5.21. The van der Waals surface area contributed by atoms with Crippen LogP contribution in [0.1, 0.15) is 20.3 Å². The van der Waals surface area contributed by atoms with E-state index < -0.39 is 24.2 Å². The number of ether oxygens (including phenoxy) is 1. The van der Waals surface area contributed by atoms with Crippen LogP contribution < -0.4 is 5.73 Å². The average molecular weight is 256 g/mol. The summed E-state index contributed by atoms with van der Waals surface area (Å²) in [6.45, 7) is 1.88. The number of hydrogen-bond acceptors (Lipinski definition) is 3. The van der Waals surface area contributed by atoms with Gasteiger partial charge in [0.05, 0.1) is 12.0 Å². The van der Waals surface area contributed by atoms with Crippen LogP contribution in [0.5, 0.6) is 0 Å². The van der Waals surface area contributed by atoms with Crippen molar-refractivity contribution in [1.82, 2.24) is 4.90 Å². The number of halogens is 3. The second-order valence-corrected chi connectivity index (χ2v) is 4.36. The number of carbonyl (C=O) groups is 1. The van der Waals surface area contributed by atoms with Gasteiger partial charge in [0, 0.05) is 20.2 Å². The van der Waals surface area contributed by atoms with Crippen molar-refractivity contribution in [2.24, 2.45) is 5.73 Å². The van der Waals surface area contributed by atoms with Crippen molar-refractivity contribution in [3.05, 3.63) is 0 Å². The molecule has 0 bridgehead atoms. The minimum atomic E-state index is -4.41. The Morgan fingerprint density at radius 1 is 1.35 bits per heavy atom. The van der Waals surface area contributed by atoms with Gasteiger partial charge in [-0.3, -0.25) is 4.79 Å². The lowest BCUT2D eigenvalue weighted by molar-refractivity contribution is -0.163. The lowest BCUT2D eigenvalue weighted by atomic mass is 10.0. The molecule has 7 heteroatoms. The fraction of sp³-hybridized carbons (Fsp3) is 0.900. The Labute approximate surface area is 98.9 Å². The molecule has 0 aliphatic heterocycles. The minimum absolute atomic E-state index is 0.00473. The Morgan fingerprint density at radius 2 is 1.88 bits per heavy atom. The molecule has 0 unspecified atom stereocenters. The summed E-state index contributed by atoms with van der Waals surface area (Å²) < 4.78 is 41.7. The highest BCUT2D eigenvalue weighted by Gasteiger charge is 2.34. The van der Waals surface area contributed by atoms with Gasteiger partial charge in [0.1, 0.15) is 6.54 Å². The zero-order chi connectivity index (χ0) is 13.7. The lowest BCUT2D eigenvalue weighted by Gasteiger charge is -2.28. The van der Waals surface area contributed by atoms with Gasteiger partial charge in [-0.05, 0) is 13.8 Å². The standard InChI is InChI=1S/C10H19F3N2O2/c1-9(2,17-3)6-8(16)15(5-4-14)7-10(11,12)13/h4-7,14H2,1-3H3. The third kappa shape index (κ3) is 7.17. The van der Waals surface area contributed by atoms with Gasteiger partial charge in [0.15, 0.2) is 0 Å². The van der Waals surface area contributed by atoms with Crippen LogP contribution in [0.3, 0.4) is 0 Å². The number of nitrogens with zero attached hydrogens (tertiary/aromatic N) is 1. The predicted molar refractivity (Wildman–Crippen MR) is 57.4 cm³/mol. The maximum atomic E-state index is 12.2. The molecule has 1 amide bonds. The van der Waals surface area contributed by atoms with E-state index in [1.54, 1.807) is 13.8 Å². The van der Waals surface area contributed by atoms with Gasteiger partial charge >= 0.3 is 6.18 Å². The van der Waals surface area contributed by atoms with Gasteiger partial charge in [-0.15, -0.1) is 0 Å². The molecule has 0 heterocycles. The van der Waals surface area contributed by atoms with Crippen molar-refractivity contribution >= 4 is 5.91 Å². The van der Waals surface area contributed by atoms with Crippen LogP contribution in [-0.2, 0) is 9.53 Å². The molecule has 0 aromatic carbocycles. The zero-order valence-corrected chi connectivity index (χ0v) is 10.3. The van der Waals surface area contributed by atoms with Gasteiger partial charge in [0.25, 0.3) is 0 Å². The second kappa shape index (κ2) is 6.20. The molecule has 0 radical (unpaired) electrons. The number of rotatable bonds is 6. The van der Waals surface area contributed by atoms with E-state index in [9.17, 15) is 18.0 Å². The summed E-state index contributed by atoms with van der Waals surface area (Å²) in [6.07, 6.45) is -4.53. The highest BCUT2D eigenvalue weighted by Crippen LogP contribution is 2.19. The van der Waals surface area contributed by atoms with Crippen LogP contribution in [0, 0.1) is 0 Å². The Kier molecular flexibility index (Phi) is 5.91. The normalized spacial score (nSPS) is 12.6. The largest absolute Gasteiger partial charge is 0.406 e. The molecule has 0 saturated heterocycles. The SMILES string of the molecule is COC(C)(C)CC(=O)N(CCN)CC(F)(F)F. The lowest BCUT2D eigenvalue weighted by Crippen LogP contribution is -2.44. The van der Waals surface area contributed by atoms with E-state index in [-0.39, 0.29) is 19.5 Å². The van der Waals surface area contributed by atoms with E-state index in [1.807, 2.05) is 0 Å². The molecule has 0 fully saturated rings. The third-order valence-electron chi connectivity index (χ3n) is 2.25. The van der Waals surface area contributed by atoms with Gasteiger partial charge in [-0.25, -0.2) is 0 Å². The zero-order valence-electron chi connectivity index (χ0n) is 10.3. The molecule has 102 valence electrons. The molecule has 0 rings (SSSR count). The van der Waals surface area contributed by atoms with Gasteiger partial charge in [0.2, 0.25) is 5.91 Å². The van der Waals surface area contributed by atoms with Crippen molar-refractivity contribution < 1.29 is 22.7 Å². The van der Waals surface area contributed by atoms with E-state index in [1.165, 1.54) is 7.11 Å². The summed E-state index contributed by atoms with van der Waals surface area (Å²) in [5.41, 5.74) is 4.41. The van der Waals surface area contributed by atoms with Crippen molar-refractivity contribution in [3.8, 4) is 0 Å². The number of carbonyl (C=O) groups excluding carboxylic acids is 1. The second-order valence-electron chi connectivity index (χ2n) is 4.36. The molecule has 0 saturated carbocycles. The van der Waals surface area contributed by atoms with Gasteiger partial charge in [-0.1, -0.05) is 0 Å². The number of alkyl halides is 3. The summed E-state index contributed by atoms with van der Waals surface area (Å²) in [4.78, 5) is 12.4. The Bertz CT molecular complexity index is 254. The topological polar surface area (TPSA) is 55.6 Å². The first-order chi connectivity index (χ1) is 7.61. The summed E-state index contributed by atoms with van der Waals surface area (Å²) in [6, 6.07) is 0. The van der Waals surface area contributed by atoms with E-state index >= 15 is 0 Å². The van der Waals surface area contributed by atoms with Crippen molar-refractivity contribution in [1.29, 1.82) is 0 Å². The molecule has 17 heavy (non-hydrogen) atoms. The van der Waals surface area contributed by atoms with Crippen molar-refractivity contribution in [2.45, 2.75) is 32.0 Å². The smallest absolute Gasteiger partial charge is 0.378 e. The van der Waals surface area contributed by atoms with E-state index in [0.29, 0.717) is 4.90 Å². The predicted octanol–water partition coefficient (Wildman–Crippen LogP) is 1.15. The number of amides is 1. The van der Waals surface area contributed by atoms with Crippen LogP contribution in [0.15, 0.2) is 0 Å². The molecule has 0 atom stereocenters. The van der Waals surface area contributed by atoms with Crippen molar-refractivity contribution in [3.63, 3.8) is 0 Å². The molecule has 4 nitrogen and oxygen atoms in total. The fourth-order valence-electron chi connectivity index (χ4n) is 1.21. The molecule has 0 spiro atoms. The molecule has 0 aliphatic rings. The molecule has 0 aromatic heterocycles. The molecule has 0 aliphatic carbocycles. The Hall–Kier alpha value is -0.820. The minimum Gasteiger partial charge on any atom is -0.378 e. The highest BCUT2D eigenvalue weighted by molar-refractivity contribution is 5.77. The fourth-order valence-corrected chi connectivity index (χ4v) is 1.21. The number of methoxy groups -OCH3 is 1. The van der Waals surface area contributed by atoms with Gasteiger partial charge < -0.3 is 15.4 Å². The maximum absolute atomic E-state index is 12.2. The summed E-state index contributed by atoms with van der Waals surface area (Å²) in [5.74, 6) is -0.611. The van der Waals surface area contributed by atoms with E-state index in [4.69, 9.17) is 10.5 Å². The average Bonchev–Trinajstić information content (AvgIpc) is 2.14. The number of hydrogen-bond donors (Lipinski definition) is 1. The molecular weight excluding hydrogens is 237 g/mol. The Balaban J connectivity index is 4.55. The summed E-state index contributed by atoms with van der Waals surface area (Å²) >= 11 is 0. The van der Waals surface area contributed by atoms with Crippen LogP contribution in [0.25, 0.3) is 0 Å². The van der Waals surface area contributed by atoms with Crippen LogP contribution >= 0.6 is 0 Å². The summed E-state index contributed by atoms with van der Waals surface area (Å²) in [7, 11) is 1.41. The third-order valence-corrected chi connectivity index (χ3v) is 2.25. The van der Waals surface area contributed by atoms with E-state index in [0.717, 1.165) is 0 Å². The van der Waals surface area contributed by atoms with Crippen LogP contribution in [-0.4, -0.2) is 49.3 Å². The first-order valence-corrected chi connectivity index (χ1v) is 5.21. The van der Waals surface area contributed by atoms with Gasteiger partial charge in [-0.2, -0.15) is 13.2 Å². The van der Waals surface area contributed by atoms with Crippen molar-refractivity contribution in [2.75, 3.05) is 26.7 Å². The quantitative estimate of drug-likeness (QED) is 0.775. The monoisotopic (exact) mass is 256 g/mol. The molecular formula is C10H19F3N2O2. The van der Waals surface area contributed by atoms with E-state index in [2.05, 4.69) is 0 Å². The highest BCUT2D eigenvalue weighted by atomic mass is 19.4. The first kappa shape index (κ1) is 16.2. The summed E-state index contributed by atoms with van der Waals surface area (Å²) in [5, 5.41) is 0. The van der Waals surface area contributed by atoms with Crippen LogP contribution in [0.4, 0.5) is 13.2 Å². The molecule has 0 aromatic rings.